The highest BCUT2D eigenvalue weighted by atomic mass is 32.2. The number of thioether (sulfide) groups is 1. The van der Waals surface area contributed by atoms with E-state index >= 15 is 0 Å². The molecule has 0 saturated heterocycles. The highest BCUT2D eigenvalue weighted by Gasteiger charge is 2.23. The first-order valence-corrected chi connectivity index (χ1v) is 8.01. The summed E-state index contributed by atoms with van der Waals surface area (Å²) in [5.74, 6) is -4.29. The average molecular weight is 358 g/mol. The van der Waals surface area contributed by atoms with E-state index in [0.717, 1.165) is 23.9 Å². The number of carbonyl (C=O) groups is 1. The fourth-order valence-electron chi connectivity index (χ4n) is 1.70. The molecule has 5 nitrogen and oxygen atoms in total. The van der Waals surface area contributed by atoms with Crippen LogP contribution < -0.4 is 5.32 Å². The summed E-state index contributed by atoms with van der Waals surface area (Å²) in [7, 11) is 0. The smallest absolute Gasteiger partial charge is 0.237 e. The molecular weight excluding hydrogens is 341 g/mol. The van der Waals surface area contributed by atoms with E-state index in [0.29, 0.717) is 11.0 Å². The number of hydrogen-bond acceptors (Lipinski definition) is 4. The fraction of sp³-hybridized carbons (Fsp3) is 0.400. The maximum Gasteiger partial charge on any atom is 0.237 e. The molecule has 0 aliphatic carbocycles. The second-order valence-corrected chi connectivity index (χ2v) is 7.50. The Morgan fingerprint density at radius 2 is 1.92 bits per heavy atom. The molecular formula is C15H17F3N4OS. The number of halogens is 3. The molecule has 0 radical (unpaired) electrons. The van der Waals surface area contributed by atoms with Crippen molar-refractivity contribution in [1.29, 1.82) is 0 Å². The van der Waals surface area contributed by atoms with Crippen molar-refractivity contribution in [1.82, 2.24) is 15.2 Å². The predicted octanol–water partition coefficient (Wildman–Crippen LogP) is 3.64. The highest BCUT2D eigenvalue weighted by molar-refractivity contribution is 8.00. The number of nitrogens with zero attached hydrogens (tertiary/aromatic N) is 2. The number of H-pyrrole nitrogens is 1. The molecule has 2 N–H and O–H groups in total. The van der Waals surface area contributed by atoms with E-state index in [1.54, 1.807) is 6.92 Å². The largest absolute Gasteiger partial charge is 0.323 e. The minimum Gasteiger partial charge on any atom is -0.323 e. The minimum atomic E-state index is -1.63. The molecule has 0 bridgehead atoms. The molecule has 0 unspecified atom stereocenters. The average Bonchev–Trinajstić information content (AvgIpc) is 2.96. The lowest BCUT2D eigenvalue weighted by atomic mass is 9.96. The summed E-state index contributed by atoms with van der Waals surface area (Å²) in [6.45, 7) is 7.46. The van der Waals surface area contributed by atoms with Gasteiger partial charge in [-0.15, -0.1) is 5.10 Å². The fourth-order valence-corrected chi connectivity index (χ4v) is 2.43. The molecule has 1 atom stereocenters. The topological polar surface area (TPSA) is 70.7 Å². The molecule has 0 fully saturated rings. The first-order chi connectivity index (χ1) is 11.1. The van der Waals surface area contributed by atoms with Gasteiger partial charge in [-0.25, -0.2) is 18.2 Å². The number of carbonyl (C=O) groups excluding carboxylic acids is 1. The van der Waals surface area contributed by atoms with Gasteiger partial charge in [-0.1, -0.05) is 32.5 Å². The molecule has 0 spiro atoms. The molecule has 1 aromatic carbocycles. The van der Waals surface area contributed by atoms with E-state index in [1.165, 1.54) is 0 Å². The van der Waals surface area contributed by atoms with Crippen LogP contribution in [0.2, 0.25) is 0 Å². The predicted molar refractivity (Wildman–Crippen MR) is 85.3 cm³/mol. The van der Waals surface area contributed by atoms with Crippen LogP contribution in [0.5, 0.6) is 0 Å². The monoisotopic (exact) mass is 358 g/mol. The van der Waals surface area contributed by atoms with E-state index < -0.39 is 34.3 Å². The molecule has 2 rings (SSSR count). The van der Waals surface area contributed by atoms with Crippen LogP contribution in [0.25, 0.3) is 0 Å². The molecule has 1 heterocycles. The van der Waals surface area contributed by atoms with Gasteiger partial charge in [-0.2, -0.15) is 0 Å². The van der Waals surface area contributed by atoms with Gasteiger partial charge < -0.3 is 5.32 Å². The van der Waals surface area contributed by atoms with Gasteiger partial charge in [0.2, 0.25) is 11.1 Å². The third-order valence-electron chi connectivity index (χ3n) is 3.12. The van der Waals surface area contributed by atoms with Gasteiger partial charge >= 0.3 is 0 Å². The zero-order valence-corrected chi connectivity index (χ0v) is 14.4. The first-order valence-electron chi connectivity index (χ1n) is 7.13. The van der Waals surface area contributed by atoms with E-state index in [-0.39, 0.29) is 5.41 Å². The van der Waals surface area contributed by atoms with Crippen LogP contribution in [-0.4, -0.2) is 26.3 Å². The number of benzene rings is 1. The second kappa shape index (κ2) is 6.84. The quantitative estimate of drug-likeness (QED) is 0.647. The van der Waals surface area contributed by atoms with Crippen molar-refractivity contribution in [3.63, 3.8) is 0 Å². The molecule has 9 heteroatoms. The number of hydrogen-bond donors (Lipinski definition) is 2. The zero-order valence-electron chi connectivity index (χ0n) is 13.6. The molecule has 2 aromatic rings. The van der Waals surface area contributed by atoms with Gasteiger partial charge in [0.05, 0.1) is 10.9 Å². The summed E-state index contributed by atoms with van der Waals surface area (Å²) in [5, 5.41) is 8.75. The second-order valence-electron chi connectivity index (χ2n) is 6.19. The number of aromatic amines is 1. The van der Waals surface area contributed by atoms with E-state index in [1.807, 2.05) is 20.8 Å². The zero-order chi connectivity index (χ0) is 18.1. The number of nitrogens with one attached hydrogen (secondary N) is 2. The van der Waals surface area contributed by atoms with Crippen molar-refractivity contribution in [3.05, 3.63) is 35.4 Å². The minimum absolute atomic E-state index is 0.216. The Morgan fingerprint density at radius 1 is 1.25 bits per heavy atom. The Labute approximate surface area is 141 Å². The molecule has 24 heavy (non-hydrogen) atoms. The Kier molecular flexibility index (Phi) is 5.22. The molecule has 0 aliphatic rings. The van der Waals surface area contributed by atoms with Gasteiger partial charge in [0, 0.05) is 5.41 Å². The highest BCUT2D eigenvalue weighted by Crippen LogP contribution is 2.25. The van der Waals surface area contributed by atoms with Gasteiger partial charge in [-0.3, -0.25) is 9.89 Å². The molecule has 0 saturated carbocycles. The summed E-state index contributed by atoms with van der Waals surface area (Å²) >= 11 is 1.07. The van der Waals surface area contributed by atoms with Crippen molar-refractivity contribution >= 4 is 23.4 Å². The van der Waals surface area contributed by atoms with Crippen LogP contribution in [-0.2, 0) is 10.2 Å². The van der Waals surface area contributed by atoms with Crippen LogP contribution in [0.3, 0.4) is 0 Å². The Hall–Kier alpha value is -2.03. The van der Waals surface area contributed by atoms with Crippen molar-refractivity contribution in [2.24, 2.45) is 0 Å². The SMILES string of the molecule is C[C@@H](Sc1n[nH]c(C(C)(C)C)n1)C(=O)Nc1ccc(F)c(F)c1F. The standard InChI is InChI=1S/C15H17F3N4OS/c1-7(24-14-20-13(21-22-14)15(2,3)4)12(23)19-9-6-5-8(16)10(17)11(9)18/h5-7H,1-4H3,(H,19,23)(H,20,21,22)/t7-/m1/s1. The number of anilines is 1. The summed E-state index contributed by atoms with van der Waals surface area (Å²) in [5.41, 5.74) is -0.636. The lowest BCUT2D eigenvalue weighted by Gasteiger charge is -2.13. The van der Waals surface area contributed by atoms with Crippen LogP contribution in [0, 0.1) is 17.5 Å². The number of rotatable bonds is 4. The van der Waals surface area contributed by atoms with Gasteiger partial charge in [-0.05, 0) is 19.1 Å². The lowest BCUT2D eigenvalue weighted by molar-refractivity contribution is -0.115. The van der Waals surface area contributed by atoms with Crippen LogP contribution in [0.15, 0.2) is 17.3 Å². The van der Waals surface area contributed by atoms with E-state index in [2.05, 4.69) is 20.5 Å². The van der Waals surface area contributed by atoms with Crippen LogP contribution >= 0.6 is 11.8 Å². The lowest BCUT2D eigenvalue weighted by Crippen LogP contribution is -2.23. The third kappa shape index (κ3) is 4.08. The van der Waals surface area contributed by atoms with Crippen molar-refractivity contribution in [2.45, 2.75) is 43.5 Å². The van der Waals surface area contributed by atoms with Crippen molar-refractivity contribution in [2.75, 3.05) is 5.32 Å². The molecule has 0 aliphatic heterocycles. The number of aromatic nitrogens is 3. The summed E-state index contributed by atoms with van der Waals surface area (Å²) < 4.78 is 39.6. The van der Waals surface area contributed by atoms with Gasteiger partial charge in [0.25, 0.3) is 0 Å². The van der Waals surface area contributed by atoms with Crippen LogP contribution in [0.1, 0.15) is 33.5 Å². The Morgan fingerprint density at radius 3 is 2.50 bits per heavy atom. The first kappa shape index (κ1) is 18.3. The third-order valence-corrected chi connectivity index (χ3v) is 4.08. The van der Waals surface area contributed by atoms with Gasteiger partial charge in [0.15, 0.2) is 17.5 Å². The normalized spacial score (nSPS) is 13.0. The maximum absolute atomic E-state index is 13.6. The maximum atomic E-state index is 13.6. The van der Waals surface area contributed by atoms with Crippen LogP contribution in [0.4, 0.5) is 18.9 Å². The summed E-state index contributed by atoms with van der Waals surface area (Å²) in [6, 6.07) is 1.71. The number of amides is 1. The Balaban J connectivity index is 2.05. The summed E-state index contributed by atoms with van der Waals surface area (Å²) in [4.78, 5) is 16.4. The summed E-state index contributed by atoms with van der Waals surface area (Å²) in [6.07, 6.45) is 0. The van der Waals surface area contributed by atoms with Crippen molar-refractivity contribution in [3.8, 4) is 0 Å². The van der Waals surface area contributed by atoms with Gasteiger partial charge in [0.1, 0.15) is 5.82 Å². The molecule has 1 aromatic heterocycles. The van der Waals surface area contributed by atoms with E-state index in [9.17, 15) is 18.0 Å². The van der Waals surface area contributed by atoms with Crippen molar-refractivity contribution < 1.29 is 18.0 Å². The van der Waals surface area contributed by atoms with E-state index in [4.69, 9.17) is 0 Å². The molecule has 1 amide bonds. The molecule has 130 valence electrons. The Bertz CT molecular complexity index is 758.